The fourth-order valence-electron chi connectivity index (χ4n) is 6.89. The van der Waals surface area contributed by atoms with E-state index in [1.165, 1.54) is 14.2 Å². The Hall–Kier alpha value is -5.53. The number of fused-ring (bicyclic) bond motifs is 1. The highest BCUT2D eigenvalue weighted by atomic mass is 16.5. The Labute approximate surface area is 292 Å². The molecule has 1 unspecified atom stereocenters. The molecule has 6 rings (SSSR count). The third-order valence-electron chi connectivity index (χ3n) is 9.29. The summed E-state index contributed by atoms with van der Waals surface area (Å²) in [6.07, 6.45) is -0.0818. The van der Waals surface area contributed by atoms with Crippen molar-refractivity contribution in [1.82, 2.24) is 0 Å². The number of furan rings is 1. The van der Waals surface area contributed by atoms with Gasteiger partial charge in [-0.05, 0) is 41.2 Å². The van der Waals surface area contributed by atoms with Crippen molar-refractivity contribution >= 4 is 28.9 Å². The van der Waals surface area contributed by atoms with Crippen LogP contribution in [-0.4, -0.2) is 31.9 Å². The van der Waals surface area contributed by atoms with Gasteiger partial charge in [-0.2, -0.15) is 0 Å². The number of methoxy groups -OCH3 is 2. The zero-order valence-electron chi connectivity index (χ0n) is 28.5. The van der Waals surface area contributed by atoms with Crippen molar-refractivity contribution in [2.75, 3.05) is 14.2 Å². The van der Waals surface area contributed by atoms with E-state index in [1.54, 1.807) is 6.92 Å². The molecule has 0 saturated carbocycles. The predicted octanol–water partition coefficient (Wildman–Crippen LogP) is 8.81. The average Bonchev–Trinajstić information content (AvgIpc) is 3.54. The van der Waals surface area contributed by atoms with E-state index in [0.29, 0.717) is 30.1 Å². The van der Waals surface area contributed by atoms with E-state index in [2.05, 4.69) is 0 Å². The van der Waals surface area contributed by atoms with E-state index in [1.807, 2.05) is 121 Å². The van der Waals surface area contributed by atoms with Crippen LogP contribution >= 0.6 is 0 Å². The molecule has 7 heteroatoms. The summed E-state index contributed by atoms with van der Waals surface area (Å²) in [6, 6.07) is 39.4. The second kappa shape index (κ2) is 15.3. The van der Waals surface area contributed by atoms with Gasteiger partial charge < -0.3 is 23.4 Å². The summed E-state index contributed by atoms with van der Waals surface area (Å²) >= 11 is 0. The first kappa shape index (κ1) is 34.3. The van der Waals surface area contributed by atoms with Crippen LogP contribution < -0.4 is 0 Å². The molecule has 0 aliphatic heterocycles. The first-order chi connectivity index (χ1) is 24.4. The lowest BCUT2D eigenvalue weighted by Crippen LogP contribution is -2.45. The summed E-state index contributed by atoms with van der Waals surface area (Å²) < 4.78 is 24.4. The van der Waals surface area contributed by atoms with E-state index in [4.69, 9.17) is 18.6 Å². The van der Waals surface area contributed by atoms with Crippen molar-refractivity contribution < 1.29 is 33.0 Å². The molecule has 1 aliphatic rings. The molecule has 5 aromatic rings. The number of hydrogen-bond acceptors (Lipinski definition) is 7. The van der Waals surface area contributed by atoms with Gasteiger partial charge in [0.1, 0.15) is 23.4 Å². The van der Waals surface area contributed by atoms with Crippen molar-refractivity contribution in [2.45, 2.75) is 45.3 Å². The van der Waals surface area contributed by atoms with E-state index < -0.39 is 23.5 Å². The zero-order valence-corrected chi connectivity index (χ0v) is 28.5. The number of ether oxygens (including phenoxy) is 3. The Balaban J connectivity index is 1.71. The molecule has 0 bridgehead atoms. The Morgan fingerprint density at radius 2 is 1.28 bits per heavy atom. The van der Waals surface area contributed by atoms with Crippen molar-refractivity contribution in [3.63, 3.8) is 0 Å². The quantitative estimate of drug-likeness (QED) is 0.0969. The molecule has 1 aliphatic carbocycles. The second-order valence-corrected chi connectivity index (χ2v) is 12.5. The van der Waals surface area contributed by atoms with E-state index in [-0.39, 0.29) is 25.0 Å². The lowest BCUT2D eigenvalue weighted by Gasteiger charge is -2.34. The number of esters is 2. The van der Waals surface area contributed by atoms with Crippen LogP contribution in [0, 0.1) is 5.41 Å². The van der Waals surface area contributed by atoms with Crippen LogP contribution in [0.3, 0.4) is 0 Å². The Morgan fingerprint density at radius 1 is 0.720 bits per heavy atom. The van der Waals surface area contributed by atoms with Crippen molar-refractivity contribution in [2.24, 2.45) is 5.41 Å². The minimum Gasteiger partial charge on any atom is -0.468 e. The standard InChI is InChI=1S/C43H40O7/c1-29(44)24-25-34(31-18-10-5-11-19-31)35-26-43(41(45)47-2,42(46)48-3)27-36-37(35)38(40(50-36)33-22-14-7-15-23-33)39(32-20-12-6-13-21-32)49-28-30-16-8-4-9-17-30/h4-23,39H,24-28H2,1-3H3/b35-34+. The number of hydrogen-bond donors (Lipinski definition) is 0. The number of carbonyl (C=O) groups excluding carboxylic acids is 3. The first-order valence-electron chi connectivity index (χ1n) is 16.7. The molecule has 1 aromatic heterocycles. The van der Waals surface area contributed by atoms with Crippen molar-refractivity contribution in [1.29, 1.82) is 0 Å². The minimum absolute atomic E-state index is 0.0213. The van der Waals surface area contributed by atoms with Gasteiger partial charge in [-0.15, -0.1) is 0 Å². The molecule has 7 nitrogen and oxygen atoms in total. The number of Topliss-reactive ketones (excluding diaryl/α,β-unsaturated/α-hetero) is 1. The van der Waals surface area contributed by atoms with Gasteiger partial charge in [0.15, 0.2) is 5.41 Å². The fourth-order valence-corrected chi connectivity index (χ4v) is 6.89. The molecule has 0 N–H and O–H groups in total. The van der Waals surface area contributed by atoms with Crippen molar-refractivity contribution in [3.8, 4) is 11.3 Å². The summed E-state index contributed by atoms with van der Waals surface area (Å²) in [7, 11) is 2.54. The number of rotatable bonds is 12. The summed E-state index contributed by atoms with van der Waals surface area (Å²) in [5, 5.41) is 0. The highest BCUT2D eigenvalue weighted by Gasteiger charge is 2.54. The van der Waals surface area contributed by atoms with Crippen LogP contribution in [0.15, 0.2) is 126 Å². The second-order valence-electron chi connectivity index (χ2n) is 12.5. The predicted molar refractivity (Wildman–Crippen MR) is 192 cm³/mol. The van der Waals surface area contributed by atoms with Crippen LogP contribution in [0.5, 0.6) is 0 Å². The average molecular weight is 669 g/mol. The van der Waals surface area contributed by atoms with E-state index >= 15 is 0 Å². The third-order valence-corrected chi connectivity index (χ3v) is 9.29. The zero-order chi connectivity index (χ0) is 35.1. The number of ketones is 1. The van der Waals surface area contributed by atoms with Crippen LogP contribution in [0.25, 0.3) is 22.5 Å². The Bertz CT molecular complexity index is 1960. The molecule has 0 spiro atoms. The summed E-state index contributed by atoms with van der Waals surface area (Å²) in [6.45, 7) is 1.88. The third kappa shape index (κ3) is 6.96. The molecule has 0 amide bonds. The summed E-state index contributed by atoms with van der Waals surface area (Å²) in [4.78, 5) is 40.1. The first-order valence-corrected chi connectivity index (χ1v) is 16.7. The maximum Gasteiger partial charge on any atom is 0.324 e. The fraction of sp³-hybridized carbons (Fsp3) is 0.233. The molecule has 0 saturated heterocycles. The summed E-state index contributed by atoms with van der Waals surface area (Å²) in [5.41, 5.74) is 4.95. The van der Waals surface area contributed by atoms with Crippen LogP contribution in [0.2, 0.25) is 0 Å². The molecule has 1 atom stereocenters. The Kier molecular flexibility index (Phi) is 10.5. The van der Waals surface area contributed by atoms with Crippen molar-refractivity contribution in [3.05, 3.63) is 155 Å². The maximum atomic E-state index is 13.8. The molecule has 0 radical (unpaired) electrons. The van der Waals surface area contributed by atoms with Gasteiger partial charge in [-0.3, -0.25) is 9.59 Å². The Morgan fingerprint density at radius 3 is 1.86 bits per heavy atom. The van der Waals surface area contributed by atoms with Crippen LogP contribution in [0.1, 0.15) is 65.9 Å². The summed E-state index contributed by atoms with van der Waals surface area (Å²) in [5.74, 6) is -0.403. The molecule has 254 valence electrons. The number of carbonyl (C=O) groups is 3. The smallest absolute Gasteiger partial charge is 0.324 e. The minimum atomic E-state index is -1.72. The number of benzene rings is 4. The van der Waals surface area contributed by atoms with Crippen LogP contribution in [0.4, 0.5) is 0 Å². The van der Waals surface area contributed by atoms with Gasteiger partial charge in [0.2, 0.25) is 0 Å². The molecule has 4 aromatic carbocycles. The van der Waals surface area contributed by atoms with Gasteiger partial charge in [-0.1, -0.05) is 121 Å². The lowest BCUT2D eigenvalue weighted by molar-refractivity contribution is -0.169. The molecule has 1 heterocycles. The largest absolute Gasteiger partial charge is 0.468 e. The normalized spacial score (nSPS) is 15.0. The molecular formula is C43H40O7. The maximum absolute atomic E-state index is 13.8. The van der Waals surface area contributed by atoms with Gasteiger partial charge in [0.25, 0.3) is 0 Å². The van der Waals surface area contributed by atoms with Gasteiger partial charge in [0.05, 0.1) is 20.8 Å². The monoisotopic (exact) mass is 668 g/mol. The van der Waals surface area contributed by atoms with Crippen LogP contribution in [-0.2, 0) is 41.6 Å². The highest BCUT2D eigenvalue weighted by molar-refractivity contribution is 6.06. The van der Waals surface area contributed by atoms with Gasteiger partial charge >= 0.3 is 11.9 Å². The van der Waals surface area contributed by atoms with Gasteiger partial charge in [-0.25, -0.2) is 0 Å². The van der Waals surface area contributed by atoms with E-state index in [0.717, 1.165) is 39.0 Å². The van der Waals surface area contributed by atoms with Gasteiger partial charge in [0, 0.05) is 36.0 Å². The molecule has 50 heavy (non-hydrogen) atoms. The topological polar surface area (TPSA) is 92.0 Å². The molecule has 0 fully saturated rings. The SMILES string of the molecule is COC(=O)C1(C(=O)OC)C/C(=C(/CCC(C)=O)c2ccccc2)c2c(oc(-c3ccccc3)c2C(OCc2ccccc2)c2ccccc2)C1. The highest BCUT2D eigenvalue weighted by Crippen LogP contribution is 2.54. The molecular weight excluding hydrogens is 628 g/mol. The lowest BCUT2D eigenvalue weighted by atomic mass is 9.68. The van der Waals surface area contributed by atoms with E-state index in [9.17, 15) is 14.4 Å². The number of allylic oxidation sites excluding steroid dienone is 2.